The van der Waals surface area contributed by atoms with Crippen LogP contribution in [0.5, 0.6) is 5.75 Å². The van der Waals surface area contributed by atoms with Crippen molar-refractivity contribution in [2.24, 2.45) is 0 Å². The van der Waals surface area contributed by atoms with Gasteiger partial charge in [-0.05, 0) is 52.6 Å². The van der Waals surface area contributed by atoms with Crippen LogP contribution in [-0.2, 0) is 27.8 Å². The van der Waals surface area contributed by atoms with Crippen molar-refractivity contribution in [1.29, 1.82) is 0 Å². The molecular formula is C26H24N2O4S. The van der Waals surface area contributed by atoms with Gasteiger partial charge in [-0.3, -0.25) is 4.79 Å². The zero-order chi connectivity index (χ0) is 23.3. The Bertz CT molecular complexity index is 1350. The lowest BCUT2D eigenvalue weighted by molar-refractivity contribution is -0.122. The quantitative estimate of drug-likeness (QED) is 0.373. The Kier molecular flexibility index (Phi) is 6.72. The van der Waals surface area contributed by atoms with Crippen LogP contribution in [-0.4, -0.2) is 25.5 Å². The number of amides is 1. The molecule has 0 saturated carbocycles. The molecule has 7 heteroatoms. The maximum absolute atomic E-state index is 13.2. The molecule has 4 aromatic carbocycles. The number of phenols is 1. The van der Waals surface area contributed by atoms with E-state index in [4.69, 9.17) is 0 Å². The summed E-state index contributed by atoms with van der Waals surface area (Å²) in [6.45, 7) is 0.210. The number of fused-ring (bicyclic) bond motifs is 1. The van der Waals surface area contributed by atoms with Gasteiger partial charge in [0.15, 0.2) is 0 Å². The SMILES string of the molecule is O=C(NCc1ccc(O)cc1)[C@@H](Cc1ccccc1)NS(=O)(=O)c1ccc2ccccc2c1. The molecule has 0 heterocycles. The van der Waals surface area contributed by atoms with Crippen molar-refractivity contribution >= 4 is 26.7 Å². The van der Waals surface area contributed by atoms with Crippen LogP contribution in [0.1, 0.15) is 11.1 Å². The fourth-order valence-electron chi connectivity index (χ4n) is 3.55. The molecule has 3 N–H and O–H groups in total. The van der Waals surface area contributed by atoms with Gasteiger partial charge < -0.3 is 10.4 Å². The molecule has 0 spiro atoms. The molecule has 0 aliphatic heterocycles. The first kappa shape index (κ1) is 22.5. The van der Waals surface area contributed by atoms with Gasteiger partial charge in [0.25, 0.3) is 0 Å². The normalized spacial score (nSPS) is 12.4. The standard InChI is InChI=1S/C26H24N2O4S/c29-23-13-10-20(11-14-23)18-27-26(30)25(16-19-6-2-1-3-7-19)28-33(31,32)24-15-12-21-8-4-5-9-22(21)17-24/h1-15,17,25,28-29H,16,18H2,(H,27,30)/t25-/m1/s1. The van der Waals surface area contributed by atoms with Crippen molar-refractivity contribution in [3.05, 3.63) is 108 Å². The first-order valence-corrected chi connectivity index (χ1v) is 12.0. The topological polar surface area (TPSA) is 95.5 Å². The number of carbonyl (C=O) groups is 1. The number of phenolic OH excluding ortho intramolecular Hbond substituents is 1. The maximum atomic E-state index is 13.2. The molecule has 0 radical (unpaired) electrons. The van der Waals surface area contributed by atoms with E-state index in [2.05, 4.69) is 10.0 Å². The Morgan fingerprint density at radius 2 is 1.45 bits per heavy atom. The van der Waals surface area contributed by atoms with Crippen molar-refractivity contribution in [3.63, 3.8) is 0 Å². The van der Waals surface area contributed by atoms with E-state index in [-0.39, 0.29) is 23.6 Å². The number of nitrogens with one attached hydrogen (secondary N) is 2. The smallest absolute Gasteiger partial charge is 0.241 e. The Labute approximate surface area is 193 Å². The monoisotopic (exact) mass is 460 g/mol. The van der Waals surface area contributed by atoms with Gasteiger partial charge in [0.05, 0.1) is 4.90 Å². The summed E-state index contributed by atoms with van der Waals surface area (Å²) in [6.07, 6.45) is 0.203. The average molecular weight is 461 g/mol. The lowest BCUT2D eigenvalue weighted by Gasteiger charge is -2.19. The van der Waals surface area contributed by atoms with E-state index in [0.29, 0.717) is 0 Å². The van der Waals surface area contributed by atoms with E-state index in [0.717, 1.165) is 21.9 Å². The summed E-state index contributed by atoms with van der Waals surface area (Å²) < 4.78 is 28.9. The first-order chi connectivity index (χ1) is 15.9. The highest BCUT2D eigenvalue weighted by molar-refractivity contribution is 7.89. The Morgan fingerprint density at radius 3 is 2.18 bits per heavy atom. The second kappa shape index (κ2) is 9.85. The molecule has 1 amide bonds. The molecule has 6 nitrogen and oxygen atoms in total. The highest BCUT2D eigenvalue weighted by Crippen LogP contribution is 2.19. The second-order valence-corrected chi connectivity index (χ2v) is 9.47. The van der Waals surface area contributed by atoms with Crippen molar-refractivity contribution in [3.8, 4) is 5.75 Å². The summed E-state index contributed by atoms with van der Waals surface area (Å²) in [5.74, 6) is -0.300. The minimum absolute atomic E-state index is 0.102. The number of rotatable bonds is 8. The number of aromatic hydroxyl groups is 1. The molecule has 0 unspecified atom stereocenters. The van der Waals surface area contributed by atoms with Gasteiger partial charge in [0.1, 0.15) is 11.8 Å². The van der Waals surface area contributed by atoms with E-state index in [1.54, 1.807) is 30.3 Å². The van der Waals surface area contributed by atoms with E-state index < -0.39 is 22.0 Å². The van der Waals surface area contributed by atoms with Crippen LogP contribution in [0.25, 0.3) is 10.8 Å². The van der Waals surface area contributed by atoms with Crippen LogP contribution in [0.4, 0.5) is 0 Å². The highest BCUT2D eigenvalue weighted by atomic mass is 32.2. The van der Waals surface area contributed by atoms with Crippen LogP contribution in [0.2, 0.25) is 0 Å². The first-order valence-electron chi connectivity index (χ1n) is 10.5. The lowest BCUT2D eigenvalue weighted by Crippen LogP contribution is -2.47. The third-order valence-corrected chi connectivity index (χ3v) is 6.80. The van der Waals surface area contributed by atoms with Crippen molar-refractivity contribution < 1.29 is 18.3 Å². The zero-order valence-electron chi connectivity index (χ0n) is 17.8. The number of carbonyl (C=O) groups excluding carboxylic acids is 1. The molecule has 4 aromatic rings. The van der Waals surface area contributed by atoms with Gasteiger partial charge in [0, 0.05) is 6.54 Å². The number of sulfonamides is 1. The number of hydrogen-bond donors (Lipinski definition) is 3. The fraction of sp³-hybridized carbons (Fsp3) is 0.115. The number of hydrogen-bond acceptors (Lipinski definition) is 4. The average Bonchev–Trinajstić information content (AvgIpc) is 2.83. The van der Waals surface area contributed by atoms with Crippen LogP contribution in [0.3, 0.4) is 0 Å². The van der Waals surface area contributed by atoms with Gasteiger partial charge >= 0.3 is 0 Å². The van der Waals surface area contributed by atoms with Gasteiger partial charge in [-0.1, -0.05) is 72.8 Å². The second-order valence-electron chi connectivity index (χ2n) is 7.76. The lowest BCUT2D eigenvalue weighted by atomic mass is 10.1. The third-order valence-electron chi connectivity index (χ3n) is 5.33. The molecule has 4 rings (SSSR count). The number of benzene rings is 4. The van der Waals surface area contributed by atoms with Gasteiger partial charge in [-0.2, -0.15) is 4.72 Å². The van der Waals surface area contributed by atoms with Crippen molar-refractivity contribution in [1.82, 2.24) is 10.0 Å². The van der Waals surface area contributed by atoms with E-state index >= 15 is 0 Å². The van der Waals surface area contributed by atoms with Crippen molar-refractivity contribution in [2.75, 3.05) is 0 Å². The van der Waals surface area contributed by atoms with Gasteiger partial charge in [-0.15, -0.1) is 0 Å². The van der Waals surface area contributed by atoms with Crippen LogP contribution < -0.4 is 10.0 Å². The molecule has 0 fully saturated rings. The molecule has 0 aromatic heterocycles. The Balaban J connectivity index is 1.56. The van der Waals surface area contributed by atoms with Gasteiger partial charge in [-0.25, -0.2) is 8.42 Å². The minimum atomic E-state index is -3.95. The zero-order valence-corrected chi connectivity index (χ0v) is 18.6. The predicted molar refractivity (Wildman–Crippen MR) is 128 cm³/mol. The largest absolute Gasteiger partial charge is 0.508 e. The summed E-state index contributed by atoms with van der Waals surface area (Å²) >= 11 is 0. The molecule has 168 valence electrons. The van der Waals surface area contributed by atoms with Crippen molar-refractivity contribution in [2.45, 2.75) is 23.9 Å². The van der Waals surface area contributed by atoms with Crippen LogP contribution in [0.15, 0.2) is 102 Å². The van der Waals surface area contributed by atoms with E-state index in [1.165, 1.54) is 12.1 Å². The molecule has 33 heavy (non-hydrogen) atoms. The Hall–Kier alpha value is -3.68. The molecule has 0 aliphatic rings. The molecule has 1 atom stereocenters. The molecular weight excluding hydrogens is 436 g/mol. The summed E-state index contributed by atoms with van der Waals surface area (Å²) in [5.41, 5.74) is 1.63. The minimum Gasteiger partial charge on any atom is -0.508 e. The predicted octanol–water partition coefficient (Wildman–Crippen LogP) is 3.75. The van der Waals surface area contributed by atoms with Crippen LogP contribution >= 0.6 is 0 Å². The summed E-state index contributed by atoms with van der Waals surface area (Å²) in [5, 5.41) is 14.0. The van der Waals surface area contributed by atoms with Gasteiger partial charge in [0.2, 0.25) is 15.9 Å². The highest BCUT2D eigenvalue weighted by Gasteiger charge is 2.26. The fourth-order valence-corrected chi connectivity index (χ4v) is 4.78. The molecule has 0 saturated heterocycles. The summed E-state index contributed by atoms with van der Waals surface area (Å²) in [4.78, 5) is 13.1. The van der Waals surface area contributed by atoms with E-state index in [1.807, 2.05) is 54.6 Å². The molecule has 0 bridgehead atoms. The summed E-state index contributed by atoms with van der Waals surface area (Å²) in [7, 11) is -3.95. The third kappa shape index (κ3) is 5.77. The molecule has 0 aliphatic carbocycles. The Morgan fingerprint density at radius 1 is 0.788 bits per heavy atom. The summed E-state index contributed by atoms with van der Waals surface area (Å²) in [6, 6.07) is 27.1. The van der Waals surface area contributed by atoms with Crippen LogP contribution in [0, 0.1) is 0 Å². The maximum Gasteiger partial charge on any atom is 0.241 e. The van der Waals surface area contributed by atoms with E-state index in [9.17, 15) is 18.3 Å².